The van der Waals surface area contributed by atoms with E-state index in [9.17, 15) is 9.59 Å². The molecule has 1 aromatic rings. The number of aromatic carboxylic acids is 1. The topological polar surface area (TPSA) is 84.9 Å². The molecule has 0 radical (unpaired) electrons. The second-order valence-electron chi connectivity index (χ2n) is 4.77. The first kappa shape index (κ1) is 14.3. The van der Waals surface area contributed by atoms with Crippen LogP contribution in [0.5, 0.6) is 5.75 Å². The zero-order valence-corrected chi connectivity index (χ0v) is 11.4. The van der Waals surface area contributed by atoms with Crippen molar-refractivity contribution < 1.29 is 24.2 Å². The molecular formula is C14H17NO5. The van der Waals surface area contributed by atoms with Gasteiger partial charge < -0.3 is 19.9 Å². The van der Waals surface area contributed by atoms with Gasteiger partial charge in [-0.15, -0.1) is 0 Å². The van der Waals surface area contributed by atoms with Crippen LogP contribution in [0.15, 0.2) is 18.2 Å². The van der Waals surface area contributed by atoms with Gasteiger partial charge in [0.15, 0.2) is 0 Å². The Morgan fingerprint density at radius 1 is 1.45 bits per heavy atom. The van der Waals surface area contributed by atoms with Crippen LogP contribution in [0.2, 0.25) is 0 Å². The van der Waals surface area contributed by atoms with E-state index < -0.39 is 12.1 Å². The molecule has 108 valence electrons. The highest BCUT2D eigenvalue weighted by atomic mass is 16.5. The maximum atomic E-state index is 12.1. The van der Waals surface area contributed by atoms with E-state index >= 15 is 0 Å². The molecule has 6 nitrogen and oxygen atoms in total. The van der Waals surface area contributed by atoms with Gasteiger partial charge in [0.25, 0.3) is 5.91 Å². The molecule has 0 bridgehead atoms. The Kier molecular flexibility index (Phi) is 4.24. The van der Waals surface area contributed by atoms with Gasteiger partial charge in [-0.2, -0.15) is 0 Å². The molecule has 2 unspecified atom stereocenters. The lowest BCUT2D eigenvalue weighted by Gasteiger charge is -2.16. The third-order valence-corrected chi connectivity index (χ3v) is 3.35. The number of hydrogen-bond acceptors (Lipinski definition) is 4. The van der Waals surface area contributed by atoms with Crippen LogP contribution in [-0.4, -0.2) is 36.8 Å². The highest BCUT2D eigenvalue weighted by molar-refractivity contribution is 5.97. The summed E-state index contributed by atoms with van der Waals surface area (Å²) in [6.07, 6.45) is 0.331. The minimum atomic E-state index is -1.06. The van der Waals surface area contributed by atoms with Gasteiger partial charge in [-0.25, -0.2) is 4.79 Å². The van der Waals surface area contributed by atoms with Crippen molar-refractivity contribution in [2.45, 2.75) is 19.4 Å². The Morgan fingerprint density at radius 2 is 2.20 bits per heavy atom. The SMILES string of the molecule is COc1ccc(C(=O)O)cc1NC(=O)C1OCCC1C. The molecule has 1 aromatic carbocycles. The predicted octanol–water partition coefficient (Wildman–Crippen LogP) is 1.76. The number of methoxy groups -OCH3 is 1. The lowest BCUT2D eigenvalue weighted by atomic mass is 10.0. The Balaban J connectivity index is 2.20. The van der Waals surface area contributed by atoms with Crippen molar-refractivity contribution in [2.75, 3.05) is 19.0 Å². The van der Waals surface area contributed by atoms with E-state index in [4.69, 9.17) is 14.6 Å². The number of anilines is 1. The van der Waals surface area contributed by atoms with Crippen LogP contribution in [0.3, 0.4) is 0 Å². The quantitative estimate of drug-likeness (QED) is 0.877. The summed E-state index contributed by atoms with van der Waals surface area (Å²) < 4.78 is 10.5. The van der Waals surface area contributed by atoms with E-state index in [2.05, 4.69) is 5.32 Å². The fourth-order valence-corrected chi connectivity index (χ4v) is 2.17. The van der Waals surface area contributed by atoms with E-state index in [1.807, 2.05) is 6.92 Å². The fourth-order valence-electron chi connectivity index (χ4n) is 2.17. The van der Waals surface area contributed by atoms with E-state index in [1.165, 1.54) is 25.3 Å². The number of carbonyl (C=O) groups excluding carboxylic acids is 1. The summed E-state index contributed by atoms with van der Waals surface area (Å²) in [7, 11) is 1.46. The summed E-state index contributed by atoms with van der Waals surface area (Å²) in [5.41, 5.74) is 0.418. The van der Waals surface area contributed by atoms with Crippen molar-refractivity contribution in [3.63, 3.8) is 0 Å². The number of carboxylic acid groups (broad SMARTS) is 1. The van der Waals surface area contributed by atoms with Crippen molar-refractivity contribution >= 4 is 17.6 Å². The van der Waals surface area contributed by atoms with Crippen LogP contribution < -0.4 is 10.1 Å². The molecular weight excluding hydrogens is 262 g/mol. The third kappa shape index (κ3) is 2.91. The molecule has 2 atom stereocenters. The van der Waals surface area contributed by atoms with Crippen molar-refractivity contribution in [2.24, 2.45) is 5.92 Å². The molecule has 1 fully saturated rings. The molecule has 20 heavy (non-hydrogen) atoms. The zero-order chi connectivity index (χ0) is 14.7. The summed E-state index contributed by atoms with van der Waals surface area (Å²) in [4.78, 5) is 23.1. The van der Waals surface area contributed by atoms with Crippen LogP contribution in [0.1, 0.15) is 23.7 Å². The lowest BCUT2D eigenvalue weighted by Crippen LogP contribution is -2.31. The van der Waals surface area contributed by atoms with Gasteiger partial charge in [-0.05, 0) is 30.5 Å². The zero-order valence-electron chi connectivity index (χ0n) is 11.4. The van der Waals surface area contributed by atoms with Crippen LogP contribution >= 0.6 is 0 Å². The van der Waals surface area contributed by atoms with E-state index in [0.29, 0.717) is 18.0 Å². The van der Waals surface area contributed by atoms with E-state index in [0.717, 1.165) is 6.42 Å². The molecule has 2 N–H and O–H groups in total. The van der Waals surface area contributed by atoms with Gasteiger partial charge in [-0.1, -0.05) is 6.92 Å². The molecule has 2 rings (SSSR count). The molecule has 0 aromatic heterocycles. The normalized spacial score (nSPS) is 21.5. The van der Waals surface area contributed by atoms with Crippen molar-refractivity contribution in [3.05, 3.63) is 23.8 Å². The molecule has 1 aliphatic heterocycles. The maximum absolute atomic E-state index is 12.1. The predicted molar refractivity (Wildman–Crippen MR) is 72.1 cm³/mol. The number of carboxylic acids is 1. The monoisotopic (exact) mass is 279 g/mol. The highest BCUT2D eigenvalue weighted by Crippen LogP contribution is 2.27. The number of hydrogen-bond donors (Lipinski definition) is 2. The second kappa shape index (κ2) is 5.92. The largest absolute Gasteiger partial charge is 0.495 e. The van der Waals surface area contributed by atoms with Crippen LogP contribution in [0.25, 0.3) is 0 Å². The maximum Gasteiger partial charge on any atom is 0.335 e. The van der Waals surface area contributed by atoms with Crippen molar-refractivity contribution in [1.82, 2.24) is 0 Å². The van der Waals surface area contributed by atoms with Gasteiger partial charge in [0.1, 0.15) is 11.9 Å². The van der Waals surface area contributed by atoms with Crippen LogP contribution in [0, 0.1) is 5.92 Å². The number of nitrogens with one attached hydrogen (secondary N) is 1. The molecule has 0 aliphatic carbocycles. The first-order valence-corrected chi connectivity index (χ1v) is 6.36. The van der Waals surface area contributed by atoms with E-state index in [1.54, 1.807) is 0 Å². The molecule has 1 amide bonds. The molecule has 1 saturated heterocycles. The summed E-state index contributed by atoms with van der Waals surface area (Å²) >= 11 is 0. The van der Waals surface area contributed by atoms with Gasteiger partial charge >= 0.3 is 5.97 Å². The number of carbonyl (C=O) groups is 2. The standard InChI is InChI=1S/C14H17NO5/c1-8-5-6-20-12(8)13(16)15-10-7-9(14(17)18)3-4-11(10)19-2/h3-4,7-8,12H,5-6H2,1-2H3,(H,15,16)(H,17,18). The Bertz CT molecular complexity index is 528. The first-order valence-electron chi connectivity index (χ1n) is 6.36. The Hall–Kier alpha value is -2.08. The Morgan fingerprint density at radius 3 is 2.75 bits per heavy atom. The molecule has 0 spiro atoms. The molecule has 1 aliphatic rings. The molecule has 0 saturated carbocycles. The molecule has 1 heterocycles. The number of rotatable bonds is 4. The highest BCUT2D eigenvalue weighted by Gasteiger charge is 2.31. The number of ether oxygens (including phenoxy) is 2. The Labute approximate surface area is 116 Å². The van der Waals surface area contributed by atoms with Crippen LogP contribution in [-0.2, 0) is 9.53 Å². The lowest BCUT2D eigenvalue weighted by molar-refractivity contribution is -0.126. The second-order valence-corrected chi connectivity index (χ2v) is 4.77. The van der Waals surface area contributed by atoms with Crippen LogP contribution in [0.4, 0.5) is 5.69 Å². The minimum absolute atomic E-state index is 0.0847. The van der Waals surface area contributed by atoms with Crippen molar-refractivity contribution in [1.29, 1.82) is 0 Å². The number of benzene rings is 1. The summed E-state index contributed by atoms with van der Waals surface area (Å²) in [5, 5.41) is 11.7. The third-order valence-electron chi connectivity index (χ3n) is 3.35. The smallest absolute Gasteiger partial charge is 0.335 e. The molecule has 6 heteroatoms. The van der Waals surface area contributed by atoms with E-state index in [-0.39, 0.29) is 17.4 Å². The minimum Gasteiger partial charge on any atom is -0.495 e. The first-order chi connectivity index (χ1) is 9.52. The van der Waals surface area contributed by atoms with Gasteiger partial charge in [-0.3, -0.25) is 4.79 Å². The number of amides is 1. The summed E-state index contributed by atoms with van der Waals surface area (Å²) in [5.74, 6) is -0.790. The van der Waals surface area contributed by atoms with Gasteiger partial charge in [0.2, 0.25) is 0 Å². The summed E-state index contributed by atoms with van der Waals surface area (Å²) in [6.45, 7) is 2.51. The summed E-state index contributed by atoms with van der Waals surface area (Å²) in [6, 6.07) is 4.31. The fraction of sp³-hybridized carbons (Fsp3) is 0.429. The van der Waals surface area contributed by atoms with Gasteiger partial charge in [0.05, 0.1) is 18.4 Å². The van der Waals surface area contributed by atoms with Gasteiger partial charge in [0, 0.05) is 6.61 Å². The average Bonchev–Trinajstić information content (AvgIpc) is 2.84. The van der Waals surface area contributed by atoms with Crippen molar-refractivity contribution in [3.8, 4) is 5.75 Å². The average molecular weight is 279 g/mol.